The molecule has 100 valence electrons. The first-order valence-corrected chi connectivity index (χ1v) is 5.74. The lowest BCUT2D eigenvalue weighted by Crippen LogP contribution is -2.29. The first kappa shape index (κ1) is 14.2. The number of amides is 1. The highest BCUT2D eigenvalue weighted by molar-refractivity contribution is 5.93. The van der Waals surface area contributed by atoms with Crippen molar-refractivity contribution in [2.45, 2.75) is 19.3 Å². The maximum absolute atomic E-state index is 11.4. The number of likely N-dealkylation sites (tertiary alicyclic amines) is 1. The number of methoxy groups -OCH3 is 1. The van der Waals surface area contributed by atoms with Gasteiger partial charge < -0.3 is 14.4 Å². The number of nitrogens with zero attached hydrogens (tertiary/aromatic N) is 1. The predicted molar refractivity (Wildman–Crippen MR) is 62.5 cm³/mol. The van der Waals surface area contributed by atoms with Crippen LogP contribution >= 0.6 is 0 Å². The summed E-state index contributed by atoms with van der Waals surface area (Å²) >= 11 is 0. The van der Waals surface area contributed by atoms with E-state index in [9.17, 15) is 14.4 Å². The van der Waals surface area contributed by atoms with Gasteiger partial charge in [-0.2, -0.15) is 0 Å². The molecule has 0 atom stereocenters. The molecule has 1 aliphatic heterocycles. The fourth-order valence-electron chi connectivity index (χ4n) is 1.61. The Morgan fingerprint density at radius 1 is 1.44 bits per heavy atom. The van der Waals surface area contributed by atoms with Gasteiger partial charge in [-0.25, -0.2) is 4.79 Å². The highest BCUT2D eigenvalue weighted by atomic mass is 16.5. The summed E-state index contributed by atoms with van der Waals surface area (Å²) < 4.78 is 9.33. The van der Waals surface area contributed by atoms with Crippen molar-refractivity contribution < 1.29 is 23.9 Å². The highest BCUT2D eigenvalue weighted by Gasteiger charge is 2.20. The molecule has 0 N–H and O–H groups in total. The Bertz CT molecular complexity index is 363. The van der Waals surface area contributed by atoms with Crippen LogP contribution in [-0.4, -0.2) is 49.6 Å². The van der Waals surface area contributed by atoms with E-state index in [1.165, 1.54) is 7.11 Å². The van der Waals surface area contributed by atoms with E-state index in [2.05, 4.69) is 11.3 Å². The van der Waals surface area contributed by atoms with Crippen LogP contribution in [0, 0.1) is 0 Å². The SMILES string of the molecule is C=C(CC(=O)OC)C(=O)OCCN1CCCC1=O. The third kappa shape index (κ3) is 4.20. The molecular formula is C12H17NO5. The first-order chi connectivity index (χ1) is 8.54. The van der Waals surface area contributed by atoms with E-state index >= 15 is 0 Å². The largest absolute Gasteiger partial charge is 0.469 e. The van der Waals surface area contributed by atoms with E-state index in [1.807, 2.05) is 0 Å². The second-order valence-electron chi connectivity index (χ2n) is 3.98. The van der Waals surface area contributed by atoms with Crippen LogP contribution in [0.5, 0.6) is 0 Å². The van der Waals surface area contributed by atoms with Gasteiger partial charge in [0, 0.05) is 18.5 Å². The van der Waals surface area contributed by atoms with E-state index in [4.69, 9.17) is 4.74 Å². The lowest BCUT2D eigenvalue weighted by atomic mass is 10.2. The van der Waals surface area contributed by atoms with Crippen molar-refractivity contribution in [3.8, 4) is 0 Å². The lowest BCUT2D eigenvalue weighted by molar-refractivity contribution is -0.145. The van der Waals surface area contributed by atoms with Crippen LogP contribution in [-0.2, 0) is 23.9 Å². The maximum atomic E-state index is 11.4. The molecule has 0 radical (unpaired) electrons. The van der Waals surface area contributed by atoms with E-state index in [-0.39, 0.29) is 24.5 Å². The van der Waals surface area contributed by atoms with Crippen LogP contribution in [0.15, 0.2) is 12.2 Å². The summed E-state index contributed by atoms with van der Waals surface area (Å²) in [5, 5.41) is 0. The van der Waals surface area contributed by atoms with Crippen LogP contribution in [0.3, 0.4) is 0 Å². The van der Waals surface area contributed by atoms with E-state index in [0.29, 0.717) is 19.5 Å². The van der Waals surface area contributed by atoms with Crippen LogP contribution in [0.4, 0.5) is 0 Å². The molecule has 1 fully saturated rings. The molecule has 18 heavy (non-hydrogen) atoms. The zero-order chi connectivity index (χ0) is 13.5. The Balaban J connectivity index is 2.22. The van der Waals surface area contributed by atoms with Crippen molar-refractivity contribution in [2.24, 2.45) is 0 Å². The average Bonchev–Trinajstić information content (AvgIpc) is 2.74. The second kappa shape index (κ2) is 6.78. The summed E-state index contributed by atoms with van der Waals surface area (Å²) in [6, 6.07) is 0. The monoisotopic (exact) mass is 255 g/mol. The molecule has 1 amide bonds. The normalized spacial score (nSPS) is 14.5. The Labute approximate surface area is 106 Å². The average molecular weight is 255 g/mol. The minimum atomic E-state index is -0.632. The number of esters is 2. The molecule has 6 heteroatoms. The second-order valence-corrected chi connectivity index (χ2v) is 3.98. The van der Waals surface area contributed by atoms with E-state index < -0.39 is 11.9 Å². The standard InChI is InChI=1S/C12H17NO5/c1-9(8-11(15)17-2)12(16)18-7-6-13-5-3-4-10(13)14/h1,3-8H2,2H3. The number of carbonyl (C=O) groups is 3. The summed E-state index contributed by atoms with van der Waals surface area (Å²) in [7, 11) is 1.24. The Morgan fingerprint density at radius 3 is 2.72 bits per heavy atom. The number of carbonyl (C=O) groups excluding carboxylic acids is 3. The first-order valence-electron chi connectivity index (χ1n) is 5.74. The molecule has 1 rings (SSSR count). The smallest absolute Gasteiger partial charge is 0.334 e. The van der Waals surface area contributed by atoms with Crippen LogP contribution in [0.25, 0.3) is 0 Å². The fourth-order valence-corrected chi connectivity index (χ4v) is 1.61. The third-order valence-electron chi connectivity index (χ3n) is 2.64. The van der Waals surface area contributed by atoms with Gasteiger partial charge in [0.15, 0.2) is 0 Å². The van der Waals surface area contributed by atoms with Crippen LogP contribution in [0.2, 0.25) is 0 Å². The van der Waals surface area contributed by atoms with Crippen molar-refractivity contribution >= 4 is 17.8 Å². The molecule has 0 spiro atoms. The van der Waals surface area contributed by atoms with Gasteiger partial charge in [0.05, 0.1) is 20.1 Å². The molecule has 1 heterocycles. The van der Waals surface area contributed by atoms with E-state index in [0.717, 1.165) is 6.42 Å². The Hall–Kier alpha value is -1.85. The highest BCUT2D eigenvalue weighted by Crippen LogP contribution is 2.09. The Morgan fingerprint density at radius 2 is 2.17 bits per heavy atom. The minimum Gasteiger partial charge on any atom is -0.469 e. The summed E-state index contributed by atoms with van der Waals surface area (Å²) in [6.07, 6.45) is 1.23. The topological polar surface area (TPSA) is 72.9 Å². The van der Waals surface area contributed by atoms with Gasteiger partial charge >= 0.3 is 11.9 Å². The van der Waals surface area contributed by atoms with Gasteiger partial charge in [-0.3, -0.25) is 9.59 Å². The zero-order valence-electron chi connectivity index (χ0n) is 10.4. The van der Waals surface area contributed by atoms with Crippen molar-refractivity contribution in [1.29, 1.82) is 0 Å². The fraction of sp³-hybridized carbons (Fsp3) is 0.583. The summed E-state index contributed by atoms with van der Waals surface area (Å²) in [6.45, 7) is 4.66. The molecule has 0 aromatic rings. The number of hydrogen-bond acceptors (Lipinski definition) is 5. The molecule has 0 saturated carbocycles. The molecule has 1 aliphatic rings. The molecule has 1 saturated heterocycles. The van der Waals surface area contributed by atoms with E-state index in [1.54, 1.807) is 4.90 Å². The summed E-state index contributed by atoms with van der Waals surface area (Å²) in [5.74, 6) is -1.09. The molecule has 0 unspecified atom stereocenters. The maximum Gasteiger partial charge on any atom is 0.334 e. The zero-order valence-corrected chi connectivity index (χ0v) is 10.4. The van der Waals surface area contributed by atoms with Gasteiger partial charge in [0.1, 0.15) is 6.61 Å². The van der Waals surface area contributed by atoms with Crippen molar-refractivity contribution in [3.63, 3.8) is 0 Å². The van der Waals surface area contributed by atoms with Gasteiger partial charge in [0.25, 0.3) is 0 Å². The van der Waals surface area contributed by atoms with Gasteiger partial charge in [0.2, 0.25) is 5.91 Å². The quantitative estimate of drug-likeness (QED) is 0.503. The lowest BCUT2D eigenvalue weighted by Gasteiger charge is -2.15. The Kier molecular flexibility index (Phi) is 5.35. The van der Waals surface area contributed by atoms with Gasteiger partial charge in [-0.1, -0.05) is 6.58 Å². The minimum absolute atomic E-state index is 0.0506. The van der Waals surface area contributed by atoms with Crippen molar-refractivity contribution in [1.82, 2.24) is 4.90 Å². The molecule has 0 bridgehead atoms. The van der Waals surface area contributed by atoms with Crippen molar-refractivity contribution in [3.05, 3.63) is 12.2 Å². The predicted octanol–water partition coefficient (Wildman–Crippen LogP) is 0.271. The number of ether oxygens (including phenoxy) is 2. The summed E-state index contributed by atoms with van der Waals surface area (Å²) in [5.41, 5.74) is 0.0506. The third-order valence-corrected chi connectivity index (χ3v) is 2.64. The molecule has 0 aromatic carbocycles. The van der Waals surface area contributed by atoms with Gasteiger partial charge in [-0.15, -0.1) is 0 Å². The summed E-state index contributed by atoms with van der Waals surface area (Å²) in [4.78, 5) is 35.2. The molecular weight excluding hydrogens is 238 g/mol. The van der Waals surface area contributed by atoms with Gasteiger partial charge in [-0.05, 0) is 6.42 Å². The number of rotatable bonds is 6. The van der Waals surface area contributed by atoms with Crippen molar-refractivity contribution in [2.75, 3.05) is 26.8 Å². The van der Waals surface area contributed by atoms with Crippen LogP contribution < -0.4 is 0 Å². The molecule has 6 nitrogen and oxygen atoms in total. The van der Waals surface area contributed by atoms with Crippen LogP contribution in [0.1, 0.15) is 19.3 Å². The number of hydrogen-bond donors (Lipinski definition) is 0. The molecule has 0 aliphatic carbocycles. The molecule has 0 aromatic heterocycles.